The summed E-state index contributed by atoms with van der Waals surface area (Å²) < 4.78 is 0. The number of hydrogen-bond donors (Lipinski definition) is 3. The van der Waals surface area contributed by atoms with Gasteiger partial charge in [0.2, 0.25) is 11.8 Å². The monoisotopic (exact) mass is 392 g/mol. The maximum absolute atomic E-state index is 11.9. The summed E-state index contributed by atoms with van der Waals surface area (Å²) in [5.74, 6) is -0.566. The molecule has 0 unspecified atom stereocenters. The molecule has 0 saturated carbocycles. The Morgan fingerprint density at radius 2 is 1.76 bits per heavy atom. The van der Waals surface area contributed by atoms with Gasteiger partial charge in [0.25, 0.3) is 0 Å². The van der Waals surface area contributed by atoms with Gasteiger partial charge in [0.15, 0.2) is 0 Å². The molecule has 0 heterocycles. The van der Waals surface area contributed by atoms with Crippen molar-refractivity contribution in [3.8, 4) is 0 Å². The molecule has 25 heavy (non-hydrogen) atoms. The van der Waals surface area contributed by atoms with E-state index >= 15 is 0 Å². The molecule has 0 aliphatic heterocycles. The number of carbonyl (C=O) groups is 2. The largest absolute Gasteiger partial charge is 0.372 e. The van der Waals surface area contributed by atoms with E-state index in [0.717, 1.165) is 5.69 Å². The summed E-state index contributed by atoms with van der Waals surface area (Å²) in [6, 6.07) is 7.34. The van der Waals surface area contributed by atoms with Gasteiger partial charge in [-0.05, 0) is 38.0 Å². The van der Waals surface area contributed by atoms with Crippen molar-refractivity contribution in [2.45, 2.75) is 39.8 Å². The quantitative estimate of drug-likeness (QED) is 0.664. The van der Waals surface area contributed by atoms with Crippen LogP contribution in [0.4, 0.5) is 11.4 Å². The predicted molar refractivity (Wildman–Crippen MR) is 109 cm³/mol. The molecular weight excluding hydrogens is 363 g/mol. The van der Waals surface area contributed by atoms with Crippen molar-refractivity contribution in [3.63, 3.8) is 0 Å². The molecule has 1 atom stereocenters. The van der Waals surface area contributed by atoms with E-state index in [1.54, 1.807) is 0 Å². The highest BCUT2D eigenvalue weighted by Crippen LogP contribution is 2.19. The number of anilines is 2. The number of benzene rings is 1. The Kier molecular flexibility index (Phi) is 12.3. The molecule has 2 amide bonds. The second kappa shape index (κ2) is 12.0. The lowest BCUT2D eigenvalue weighted by Crippen LogP contribution is -2.46. The Morgan fingerprint density at radius 3 is 2.28 bits per heavy atom. The van der Waals surface area contributed by atoms with E-state index in [1.165, 1.54) is 0 Å². The first-order chi connectivity index (χ1) is 10.7. The molecular formula is C17H30Cl2N4O2. The molecule has 1 aromatic rings. The van der Waals surface area contributed by atoms with Gasteiger partial charge in [-0.2, -0.15) is 0 Å². The zero-order valence-corrected chi connectivity index (χ0v) is 17.0. The van der Waals surface area contributed by atoms with Crippen LogP contribution in [0.5, 0.6) is 0 Å². The van der Waals surface area contributed by atoms with Crippen LogP contribution in [0.2, 0.25) is 0 Å². The van der Waals surface area contributed by atoms with E-state index in [4.69, 9.17) is 5.73 Å². The van der Waals surface area contributed by atoms with Crippen LogP contribution >= 0.6 is 24.8 Å². The highest BCUT2D eigenvalue weighted by atomic mass is 35.5. The Hall–Kier alpha value is -1.50. The van der Waals surface area contributed by atoms with Gasteiger partial charge in [-0.1, -0.05) is 19.9 Å². The van der Waals surface area contributed by atoms with Crippen molar-refractivity contribution in [1.82, 2.24) is 5.32 Å². The number of halogens is 2. The van der Waals surface area contributed by atoms with Gasteiger partial charge in [0.05, 0.1) is 12.6 Å². The van der Waals surface area contributed by atoms with Crippen molar-refractivity contribution >= 4 is 48.0 Å². The number of nitrogens with one attached hydrogen (secondary N) is 2. The Balaban J connectivity index is 0. The predicted octanol–water partition coefficient (Wildman–Crippen LogP) is 2.41. The van der Waals surface area contributed by atoms with Gasteiger partial charge in [-0.15, -0.1) is 24.8 Å². The number of hydrogen-bond acceptors (Lipinski definition) is 4. The topological polar surface area (TPSA) is 87.5 Å². The number of carbonyl (C=O) groups excluding carboxylic acids is 2. The molecule has 0 spiro atoms. The normalized spacial score (nSPS) is 11.2. The minimum atomic E-state index is -0.606. The Bertz CT molecular complexity index is 553. The molecule has 144 valence electrons. The number of nitrogens with zero attached hydrogens (tertiary/aromatic N) is 1. The summed E-state index contributed by atoms with van der Waals surface area (Å²) in [5.41, 5.74) is 7.44. The van der Waals surface area contributed by atoms with Gasteiger partial charge in [0, 0.05) is 24.5 Å². The molecule has 0 aliphatic carbocycles. The second-order valence-electron chi connectivity index (χ2n) is 6.29. The second-order valence-corrected chi connectivity index (χ2v) is 6.29. The minimum Gasteiger partial charge on any atom is -0.372 e. The first kappa shape index (κ1) is 25.7. The molecule has 8 heteroatoms. The van der Waals surface area contributed by atoms with Crippen LogP contribution in [0, 0.1) is 5.92 Å². The standard InChI is InChI=1S/C17H28N4O2.2ClH/c1-11(2)16(18)17(23)19-10-15(22)20-13-7-6-8-14(9-13)21(5)12(3)4;;/h6-9,11-12,16H,10,18H2,1-5H3,(H,19,23)(H,20,22);2*1H/t16-;;/m0../s1. The minimum absolute atomic E-state index is 0. The van der Waals surface area contributed by atoms with Crippen LogP contribution in [-0.2, 0) is 9.59 Å². The molecule has 0 aliphatic rings. The smallest absolute Gasteiger partial charge is 0.243 e. The highest BCUT2D eigenvalue weighted by Gasteiger charge is 2.17. The fourth-order valence-corrected chi connectivity index (χ4v) is 1.89. The van der Waals surface area contributed by atoms with Gasteiger partial charge in [-0.3, -0.25) is 9.59 Å². The van der Waals surface area contributed by atoms with Gasteiger partial charge in [-0.25, -0.2) is 0 Å². The fourth-order valence-electron chi connectivity index (χ4n) is 1.89. The van der Waals surface area contributed by atoms with Crippen LogP contribution in [-0.4, -0.2) is 37.5 Å². The zero-order valence-electron chi connectivity index (χ0n) is 15.4. The first-order valence-corrected chi connectivity index (χ1v) is 7.88. The van der Waals surface area contributed by atoms with Gasteiger partial charge >= 0.3 is 0 Å². The third kappa shape index (κ3) is 8.43. The molecule has 0 radical (unpaired) electrons. The fraction of sp³-hybridized carbons (Fsp3) is 0.529. The zero-order chi connectivity index (χ0) is 17.6. The first-order valence-electron chi connectivity index (χ1n) is 7.88. The molecule has 0 saturated heterocycles. The number of nitrogens with two attached hydrogens (primary N) is 1. The Labute approximate surface area is 162 Å². The number of amides is 2. The molecule has 1 aromatic carbocycles. The lowest BCUT2D eigenvalue weighted by molar-refractivity contribution is -0.125. The molecule has 4 N–H and O–H groups in total. The molecule has 0 fully saturated rings. The van der Waals surface area contributed by atoms with Crippen LogP contribution in [0.3, 0.4) is 0 Å². The van der Waals surface area contributed by atoms with Crippen molar-refractivity contribution in [3.05, 3.63) is 24.3 Å². The van der Waals surface area contributed by atoms with E-state index in [0.29, 0.717) is 11.7 Å². The van der Waals surface area contributed by atoms with E-state index < -0.39 is 6.04 Å². The van der Waals surface area contributed by atoms with E-state index in [9.17, 15) is 9.59 Å². The summed E-state index contributed by atoms with van der Waals surface area (Å²) >= 11 is 0. The average molecular weight is 393 g/mol. The van der Waals surface area contributed by atoms with Crippen LogP contribution in [0.1, 0.15) is 27.7 Å². The number of rotatable bonds is 7. The molecule has 6 nitrogen and oxygen atoms in total. The maximum atomic E-state index is 11.9. The summed E-state index contributed by atoms with van der Waals surface area (Å²) in [6.07, 6.45) is 0. The van der Waals surface area contributed by atoms with Crippen LogP contribution < -0.4 is 21.3 Å². The highest BCUT2D eigenvalue weighted by molar-refractivity contribution is 5.95. The van der Waals surface area contributed by atoms with Crippen molar-refractivity contribution in [2.24, 2.45) is 11.7 Å². The Morgan fingerprint density at radius 1 is 1.16 bits per heavy atom. The van der Waals surface area contributed by atoms with Gasteiger partial charge in [0.1, 0.15) is 0 Å². The van der Waals surface area contributed by atoms with Crippen LogP contribution in [0.25, 0.3) is 0 Å². The third-order valence-electron chi connectivity index (χ3n) is 3.76. The van der Waals surface area contributed by atoms with E-state index in [-0.39, 0.29) is 49.1 Å². The van der Waals surface area contributed by atoms with Gasteiger partial charge < -0.3 is 21.3 Å². The average Bonchev–Trinajstić information content (AvgIpc) is 2.51. The summed E-state index contributed by atoms with van der Waals surface area (Å²) in [6.45, 7) is 7.82. The summed E-state index contributed by atoms with van der Waals surface area (Å²) in [7, 11) is 2.00. The maximum Gasteiger partial charge on any atom is 0.243 e. The lowest BCUT2D eigenvalue weighted by Gasteiger charge is -2.24. The third-order valence-corrected chi connectivity index (χ3v) is 3.76. The summed E-state index contributed by atoms with van der Waals surface area (Å²) in [5, 5.41) is 5.33. The van der Waals surface area contributed by atoms with E-state index in [2.05, 4.69) is 29.4 Å². The summed E-state index contributed by atoms with van der Waals surface area (Å²) in [4.78, 5) is 25.8. The lowest BCUT2D eigenvalue weighted by atomic mass is 10.1. The SMILES string of the molecule is CC(C)[C@H](N)C(=O)NCC(=O)Nc1cccc(N(C)C(C)C)c1.Cl.Cl. The molecule has 0 aromatic heterocycles. The molecule has 0 bridgehead atoms. The van der Waals surface area contributed by atoms with Crippen molar-refractivity contribution in [2.75, 3.05) is 23.8 Å². The van der Waals surface area contributed by atoms with Crippen molar-refractivity contribution in [1.29, 1.82) is 0 Å². The molecule has 1 rings (SSSR count). The van der Waals surface area contributed by atoms with Crippen molar-refractivity contribution < 1.29 is 9.59 Å². The van der Waals surface area contributed by atoms with Crippen LogP contribution in [0.15, 0.2) is 24.3 Å². The van der Waals surface area contributed by atoms with E-state index in [1.807, 2.05) is 45.2 Å².